The maximum atomic E-state index is 12.2. The molecule has 104 valence electrons. The number of benzene rings is 1. The van der Waals surface area contributed by atoms with Gasteiger partial charge < -0.3 is 10.8 Å². The Morgan fingerprint density at radius 3 is 2.47 bits per heavy atom. The summed E-state index contributed by atoms with van der Waals surface area (Å²) >= 11 is 0. The minimum absolute atomic E-state index is 0.0358. The monoisotopic (exact) mass is 284 g/mol. The van der Waals surface area contributed by atoms with Crippen LogP contribution in [-0.4, -0.2) is 25.0 Å². The van der Waals surface area contributed by atoms with E-state index in [0.29, 0.717) is 0 Å². The van der Waals surface area contributed by atoms with E-state index in [2.05, 4.69) is 4.72 Å². The van der Waals surface area contributed by atoms with E-state index in [0.717, 1.165) is 25.3 Å². The van der Waals surface area contributed by atoms with Gasteiger partial charge in [-0.1, -0.05) is 0 Å². The van der Waals surface area contributed by atoms with Crippen molar-refractivity contribution in [3.63, 3.8) is 0 Å². The molecule has 1 aliphatic rings. The van der Waals surface area contributed by atoms with Gasteiger partial charge in [-0.3, -0.25) is 0 Å². The number of nitrogens with two attached hydrogens (primary N) is 1. The number of rotatable bonds is 4. The van der Waals surface area contributed by atoms with E-state index < -0.39 is 21.5 Å². The second kappa shape index (κ2) is 4.50. The van der Waals surface area contributed by atoms with Crippen LogP contribution in [0.2, 0.25) is 0 Å². The molecular weight excluding hydrogens is 268 g/mol. The molecule has 0 amide bonds. The van der Waals surface area contributed by atoms with Crippen molar-refractivity contribution in [3.05, 3.63) is 23.8 Å². The number of nitrogens with one attached hydrogen (secondary N) is 1. The fourth-order valence-corrected chi connectivity index (χ4v) is 3.69. The molecule has 2 rings (SSSR count). The number of carboxylic acids is 1. The van der Waals surface area contributed by atoms with Crippen LogP contribution < -0.4 is 10.5 Å². The molecule has 6 nitrogen and oxygen atoms in total. The predicted octanol–water partition coefficient (Wildman–Crippen LogP) is 1.19. The average molecular weight is 284 g/mol. The zero-order chi connectivity index (χ0) is 14.3. The number of hydrogen-bond acceptors (Lipinski definition) is 4. The number of nitrogen functional groups attached to an aromatic ring is 1. The summed E-state index contributed by atoms with van der Waals surface area (Å²) in [5.74, 6) is -1.14. The zero-order valence-corrected chi connectivity index (χ0v) is 11.3. The molecule has 0 heterocycles. The molecule has 1 aromatic rings. The number of anilines is 1. The summed E-state index contributed by atoms with van der Waals surface area (Å²) in [6.07, 6.45) is 2.57. The van der Waals surface area contributed by atoms with Gasteiger partial charge in [0.25, 0.3) is 0 Å². The van der Waals surface area contributed by atoms with Crippen molar-refractivity contribution in [1.29, 1.82) is 0 Å². The van der Waals surface area contributed by atoms with Crippen LogP contribution in [0.1, 0.15) is 36.5 Å². The molecule has 0 aliphatic heterocycles. The van der Waals surface area contributed by atoms with E-state index in [1.807, 2.05) is 6.92 Å². The average Bonchev–Trinajstić information content (AvgIpc) is 2.25. The van der Waals surface area contributed by atoms with Crippen molar-refractivity contribution in [2.24, 2.45) is 0 Å². The molecule has 0 spiro atoms. The van der Waals surface area contributed by atoms with Crippen LogP contribution >= 0.6 is 0 Å². The Labute approximate surface area is 111 Å². The Morgan fingerprint density at radius 2 is 2.05 bits per heavy atom. The first kappa shape index (κ1) is 13.8. The fourth-order valence-electron chi connectivity index (χ4n) is 2.11. The lowest BCUT2D eigenvalue weighted by Gasteiger charge is -2.38. The second-order valence-corrected chi connectivity index (χ2v) is 6.73. The quantitative estimate of drug-likeness (QED) is 0.719. The Balaban J connectivity index is 2.33. The molecule has 1 aliphatic carbocycles. The van der Waals surface area contributed by atoms with Gasteiger partial charge in [-0.05, 0) is 44.4 Å². The van der Waals surface area contributed by atoms with E-state index >= 15 is 0 Å². The Morgan fingerprint density at radius 1 is 1.42 bits per heavy atom. The Bertz CT molecular complexity index is 621. The van der Waals surface area contributed by atoms with Crippen LogP contribution in [-0.2, 0) is 10.0 Å². The summed E-state index contributed by atoms with van der Waals surface area (Å²) in [5, 5.41) is 8.82. The van der Waals surface area contributed by atoms with Crippen molar-refractivity contribution in [3.8, 4) is 0 Å². The standard InChI is InChI=1S/C12H16N2O4S/c1-12(5-2-6-12)14-19(17,18)10-4-3-8(11(15)16)7-9(10)13/h3-4,7,14H,2,5-6,13H2,1H3,(H,15,16). The van der Waals surface area contributed by atoms with Gasteiger partial charge in [-0.2, -0.15) is 0 Å². The third-order valence-electron chi connectivity index (χ3n) is 3.38. The SMILES string of the molecule is CC1(NS(=O)(=O)c2ccc(C(=O)O)cc2N)CCC1. The topological polar surface area (TPSA) is 109 Å². The Kier molecular flexibility index (Phi) is 3.27. The third-order valence-corrected chi connectivity index (χ3v) is 5.10. The normalized spacial score (nSPS) is 17.7. The number of carboxylic acid groups (broad SMARTS) is 1. The highest BCUT2D eigenvalue weighted by molar-refractivity contribution is 7.89. The molecule has 0 radical (unpaired) electrons. The van der Waals surface area contributed by atoms with Crippen molar-refractivity contribution in [1.82, 2.24) is 4.72 Å². The van der Waals surface area contributed by atoms with Crippen molar-refractivity contribution in [2.75, 3.05) is 5.73 Å². The van der Waals surface area contributed by atoms with Crippen LogP contribution in [0.5, 0.6) is 0 Å². The number of carbonyl (C=O) groups is 1. The molecule has 19 heavy (non-hydrogen) atoms. The zero-order valence-electron chi connectivity index (χ0n) is 10.5. The lowest BCUT2D eigenvalue weighted by molar-refractivity contribution is 0.0697. The van der Waals surface area contributed by atoms with Gasteiger partial charge in [0.15, 0.2) is 0 Å². The van der Waals surface area contributed by atoms with Crippen LogP contribution in [0, 0.1) is 0 Å². The summed E-state index contributed by atoms with van der Waals surface area (Å²) in [6, 6.07) is 3.61. The first-order valence-electron chi connectivity index (χ1n) is 5.90. The fraction of sp³-hybridized carbons (Fsp3) is 0.417. The lowest BCUT2D eigenvalue weighted by atomic mass is 9.80. The summed E-state index contributed by atoms with van der Waals surface area (Å²) in [6.45, 7) is 1.84. The van der Waals surface area contributed by atoms with Crippen molar-refractivity contribution < 1.29 is 18.3 Å². The van der Waals surface area contributed by atoms with Gasteiger partial charge in [0.05, 0.1) is 11.3 Å². The minimum atomic E-state index is -3.72. The second-order valence-electron chi connectivity index (χ2n) is 5.08. The van der Waals surface area contributed by atoms with Crippen LogP contribution in [0.4, 0.5) is 5.69 Å². The molecule has 0 unspecified atom stereocenters. The first-order chi connectivity index (χ1) is 8.73. The molecule has 1 saturated carbocycles. The maximum Gasteiger partial charge on any atom is 0.335 e. The van der Waals surface area contributed by atoms with Crippen molar-refractivity contribution in [2.45, 2.75) is 36.6 Å². The number of hydrogen-bond donors (Lipinski definition) is 3. The summed E-state index contributed by atoms with van der Waals surface area (Å²) in [4.78, 5) is 10.7. The molecule has 4 N–H and O–H groups in total. The first-order valence-corrected chi connectivity index (χ1v) is 7.39. The maximum absolute atomic E-state index is 12.2. The van der Waals surface area contributed by atoms with Gasteiger partial charge in [-0.15, -0.1) is 0 Å². The van der Waals surface area contributed by atoms with E-state index in [-0.39, 0.29) is 16.1 Å². The predicted molar refractivity (Wildman–Crippen MR) is 70.4 cm³/mol. The van der Waals surface area contributed by atoms with E-state index in [1.54, 1.807) is 0 Å². The number of sulfonamides is 1. The molecule has 0 atom stereocenters. The van der Waals surface area contributed by atoms with Crippen molar-refractivity contribution >= 4 is 21.7 Å². The summed E-state index contributed by atoms with van der Waals surface area (Å²) in [7, 11) is -3.72. The van der Waals surface area contributed by atoms with Gasteiger partial charge in [0, 0.05) is 5.54 Å². The van der Waals surface area contributed by atoms with Gasteiger partial charge >= 0.3 is 5.97 Å². The lowest BCUT2D eigenvalue weighted by Crippen LogP contribution is -2.50. The van der Waals surface area contributed by atoms with E-state index in [1.165, 1.54) is 12.1 Å². The van der Waals surface area contributed by atoms with Crippen LogP contribution in [0.15, 0.2) is 23.1 Å². The molecule has 0 bridgehead atoms. The van der Waals surface area contributed by atoms with Gasteiger partial charge in [0.2, 0.25) is 10.0 Å². The van der Waals surface area contributed by atoms with Crippen LogP contribution in [0.25, 0.3) is 0 Å². The minimum Gasteiger partial charge on any atom is -0.478 e. The highest BCUT2D eigenvalue weighted by Gasteiger charge is 2.36. The molecule has 1 aromatic carbocycles. The highest BCUT2D eigenvalue weighted by Crippen LogP contribution is 2.33. The highest BCUT2D eigenvalue weighted by atomic mass is 32.2. The Hall–Kier alpha value is -1.60. The van der Waals surface area contributed by atoms with Crippen LogP contribution in [0.3, 0.4) is 0 Å². The summed E-state index contributed by atoms with van der Waals surface area (Å²) < 4.78 is 27.0. The number of aromatic carboxylic acids is 1. The molecule has 7 heteroatoms. The van der Waals surface area contributed by atoms with E-state index in [9.17, 15) is 13.2 Å². The molecule has 0 saturated heterocycles. The van der Waals surface area contributed by atoms with Gasteiger partial charge in [0.1, 0.15) is 4.90 Å². The van der Waals surface area contributed by atoms with E-state index in [4.69, 9.17) is 10.8 Å². The largest absolute Gasteiger partial charge is 0.478 e. The smallest absolute Gasteiger partial charge is 0.335 e. The molecular formula is C12H16N2O4S. The molecule has 0 aromatic heterocycles. The molecule has 1 fully saturated rings. The van der Waals surface area contributed by atoms with Gasteiger partial charge in [-0.25, -0.2) is 17.9 Å². The summed E-state index contributed by atoms with van der Waals surface area (Å²) in [5.41, 5.74) is 5.13. The third kappa shape index (κ3) is 2.71.